The summed E-state index contributed by atoms with van der Waals surface area (Å²) >= 11 is 0. The van der Waals surface area contributed by atoms with E-state index in [4.69, 9.17) is 4.74 Å². The highest BCUT2D eigenvalue weighted by Gasteiger charge is 2.19. The molecule has 1 saturated heterocycles. The largest absolute Gasteiger partial charge is 0.378 e. The van der Waals surface area contributed by atoms with Gasteiger partial charge in [-0.1, -0.05) is 18.2 Å². The molecule has 6 heteroatoms. The highest BCUT2D eigenvalue weighted by Crippen LogP contribution is 2.18. The third-order valence-electron chi connectivity index (χ3n) is 4.29. The molecule has 1 aliphatic rings. The highest BCUT2D eigenvalue weighted by molar-refractivity contribution is 6.04. The quantitative estimate of drug-likeness (QED) is 0.915. The van der Waals surface area contributed by atoms with Gasteiger partial charge in [-0.15, -0.1) is 0 Å². The molecule has 1 atom stereocenters. The van der Waals surface area contributed by atoms with Gasteiger partial charge in [0, 0.05) is 25.6 Å². The van der Waals surface area contributed by atoms with E-state index in [9.17, 15) is 9.59 Å². The van der Waals surface area contributed by atoms with Gasteiger partial charge in [0.1, 0.15) is 0 Å². The van der Waals surface area contributed by atoms with E-state index in [0.717, 1.165) is 32.3 Å². The molecule has 1 aliphatic heterocycles. The second-order valence-corrected chi connectivity index (χ2v) is 5.95. The lowest BCUT2D eigenvalue weighted by atomic mass is 10.1. The molecular weight excluding hydrogens is 294 g/mol. The molecule has 1 N–H and O–H groups in total. The maximum atomic E-state index is 12.6. The Labute approximate surface area is 134 Å². The summed E-state index contributed by atoms with van der Waals surface area (Å²) in [5.41, 5.74) is 0.0120. The number of rotatable bonds is 5. The SMILES string of the molecule is CN(CCCC1CCCO1)C(=O)c1n[nH]c(=O)c2ccccc12. The molecule has 2 heterocycles. The summed E-state index contributed by atoms with van der Waals surface area (Å²) in [6.07, 6.45) is 4.45. The Morgan fingerprint density at radius 1 is 1.39 bits per heavy atom. The first-order valence-electron chi connectivity index (χ1n) is 8.01. The van der Waals surface area contributed by atoms with Crippen molar-refractivity contribution >= 4 is 16.7 Å². The van der Waals surface area contributed by atoms with Gasteiger partial charge in [-0.05, 0) is 31.7 Å². The maximum absolute atomic E-state index is 12.6. The Bertz CT molecular complexity index is 750. The average Bonchev–Trinajstić information content (AvgIpc) is 3.08. The first kappa shape index (κ1) is 15.7. The summed E-state index contributed by atoms with van der Waals surface area (Å²) in [5, 5.41) is 7.44. The van der Waals surface area contributed by atoms with E-state index in [1.807, 2.05) is 0 Å². The molecule has 2 aromatic rings. The number of ether oxygens (including phenoxy) is 1. The fourth-order valence-electron chi connectivity index (χ4n) is 2.99. The lowest BCUT2D eigenvalue weighted by Crippen LogP contribution is -2.30. The van der Waals surface area contributed by atoms with Crippen molar-refractivity contribution in [2.45, 2.75) is 31.8 Å². The van der Waals surface area contributed by atoms with Gasteiger partial charge in [-0.3, -0.25) is 9.59 Å². The van der Waals surface area contributed by atoms with Crippen molar-refractivity contribution < 1.29 is 9.53 Å². The van der Waals surface area contributed by atoms with E-state index in [1.54, 1.807) is 36.2 Å². The molecule has 0 bridgehead atoms. The van der Waals surface area contributed by atoms with Crippen molar-refractivity contribution in [2.75, 3.05) is 20.2 Å². The first-order chi connectivity index (χ1) is 11.2. The second kappa shape index (κ2) is 6.91. The highest BCUT2D eigenvalue weighted by atomic mass is 16.5. The van der Waals surface area contributed by atoms with Gasteiger partial charge in [0.2, 0.25) is 0 Å². The average molecular weight is 315 g/mol. The summed E-state index contributed by atoms with van der Waals surface area (Å²) < 4.78 is 5.60. The van der Waals surface area contributed by atoms with Crippen molar-refractivity contribution in [3.63, 3.8) is 0 Å². The number of aromatic amines is 1. The van der Waals surface area contributed by atoms with Crippen molar-refractivity contribution in [2.24, 2.45) is 0 Å². The van der Waals surface area contributed by atoms with Crippen LogP contribution in [0.3, 0.4) is 0 Å². The molecular formula is C17H21N3O3. The van der Waals surface area contributed by atoms with Crippen molar-refractivity contribution in [1.29, 1.82) is 0 Å². The molecule has 0 aliphatic carbocycles. The summed E-state index contributed by atoms with van der Waals surface area (Å²) in [5.74, 6) is -0.176. The van der Waals surface area contributed by atoms with Crippen LogP contribution in [0.5, 0.6) is 0 Å². The summed E-state index contributed by atoms with van der Waals surface area (Å²) in [7, 11) is 1.76. The molecule has 6 nitrogen and oxygen atoms in total. The van der Waals surface area contributed by atoms with Crippen LogP contribution in [0.2, 0.25) is 0 Å². The van der Waals surface area contributed by atoms with E-state index < -0.39 is 0 Å². The zero-order valence-corrected chi connectivity index (χ0v) is 13.2. The molecule has 3 rings (SSSR count). The predicted molar refractivity (Wildman–Crippen MR) is 87.5 cm³/mol. The van der Waals surface area contributed by atoms with E-state index in [0.29, 0.717) is 29.1 Å². The van der Waals surface area contributed by atoms with E-state index >= 15 is 0 Å². The van der Waals surface area contributed by atoms with Crippen LogP contribution in [-0.4, -0.2) is 47.3 Å². The number of hydrogen-bond acceptors (Lipinski definition) is 4. The van der Waals surface area contributed by atoms with Gasteiger partial charge < -0.3 is 9.64 Å². The van der Waals surface area contributed by atoms with Crippen LogP contribution in [-0.2, 0) is 4.74 Å². The minimum absolute atomic E-state index is 0.176. The molecule has 1 aromatic carbocycles. The van der Waals surface area contributed by atoms with Crippen molar-refractivity contribution in [3.8, 4) is 0 Å². The van der Waals surface area contributed by atoms with E-state index in [1.165, 1.54) is 0 Å². The number of nitrogens with zero attached hydrogens (tertiary/aromatic N) is 2. The normalized spacial score (nSPS) is 17.5. The Hall–Kier alpha value is -2.21. The fraction of sp³-hybridized carbons (Fsp3) is 0.471. The predicted octanol–water partition coefficient (Wildman–Crippen LogP) is 1.95. The Morgan fingerprint density at radius 3 is 2.91 bits per heavy atom. The molecule has 23 heavy (non-hydrogen) atoms. The van der Waals surface area contributed by atoms with Gasteiger partial charge in [0.05, 0.1) is 11.5 Å². The first-order valence-corrected chi connectivity index (χ1v) is 8.01. The molecule has 1 unspecified atom stereocenters. The fourth-order valence-corrected chi connectivity index (χ4v) is 2.99. The summed E-state index contributed by atoms with van der Waals surface area (Å²) in [4.78, 5) is 26.0. The third kappa shape index (κ3) is 3.42. The van der Waals surface area contributed by atoms with Crippen LogP contribution in [0.4, 0.5) is 0 Å². The molecule has 0 spiro atoms. The van der Waals surface area contributed by atoms with Crippen molar-refractivity contribution in [1.82, 2.24) is 15.1 Å². The Morgan fingerprint density at radius 2 is 2.17 bits per heavy atom. The van der Waals surface area contributed by atoms with Crippen LogP contribution in [0.15, 0.2) is 29.1 Å². The molecule has 1 aromatic heterocycles. The molecule has 1 amide bonds. The lowest BCUT2D eigenvalue weighted by molar-refractivity contribution is 0.0759. The van der Waals surface area contributed by atoms with E-state index in [2.05, 4.69) is 10.2 Å². The van der Waals surface area contributed by atoms with Crippen molar-refractivity contribution in [3.05, 3.63) is 40.3 Å². The second-order valence-electron chi connectivity index (χ2n) is 5.95. The van der Waals surface area contributed by atoms with Crippen LogP contribution in [0.25, 0.3) is 10.8 Å². The molecule has 0 saturated carbocycles. The van der Waals surface area contributed by atoms with Gasteiger partial charge in [-0.25, -0.2) is 5.10 Å². The molecule has 0 radical (unpaired) electrons. The minimum Gasteiger partial charge on any atom is -0.378 e. The number of benzene rings is 1. The topological polar surface area (TPSA) is 75.3 Å². The zero-order chi connectivity index (χ0) is 16.2. The number of H-pyrrole nitrogens is 1. The maximum Gasteiger partial charge on any atom is 0.274 e. The number of aromatic nitrogens is 2. The number of hydrogen-bond donors (Lipinski definition) is 1. The Balaban J connectivity index is 1.69. The monoisotopic (exact) mass is 315 g/mol. The van der Waals surface area contributed by atoms with Gasteiger partial charge in [-0.2, -0.15) is 5.10 Å². The lowest BCUT2D eigenvalue weighted by Gasteiger charge is -2.18. The number of fused-ring (bicyclic) bond motifs is 1. The molecule has 122 valence electrons. The minimum atomic E-state index is -0.279. The van der Waals surface area contributed by atoms with Gasteiger partial charge in [0.15, 0.2) is 5.69 Å². The number of nitrogens with one attached hydrogen (secondary N) is 1. The van der Waals surface area contributed by atoms with Gasteiger partial charge >= 0.3 is 0 Å². The number of carbonyl (C=O) groups excluding carboxylic acids is 1. The standard InChI is InChI=1S/C17H21N3O3/c1-20(10-4-6-12-7-5-11-23-12)17(22)15-13-8-2-3-9-14(13)16(21)19-18-15/h2-3,8-9,12H,4-7,10-11H2,1H3,(H,19,21). The number of amides is 1. The summed E-state index contributed by atoms with van der Waals surface area (Å²) in [6.45, 7) is 1.50. The van der Waals surface area contributed by atoms with Crippen LogP contribution >= 0.6 is 0 Å². The molecule has 1 fully saturated rings. The van der Waals surface area contributed by atoms with Crippen LogP contribution in [0, 0.1) is 0 Å². The van der Waals surface area contributed by atoms with Gasteiger partial charge in [0.25, 0.3) is 11.5 Å². The summed E-state index contributed by atoms with van der Waals surface area (Å²) in [6, 6.07) is 7.03. The number of carbonyl (C=O) groups is 1. The Kier molecular flexibility index (Phi) is 4.71. The van der Waals surface area contributed by atoms with E-state index in [-0.39, 0.29) is 11.5 Å². The van der Waals surface area contributed by atoms with Crippen LogP contribution in [0.1, 0.15) is 36.2 Å². The smallest absolute Gasteiger partial charge is 0.274 e. The third-order valence-corrected chi connectivity index (χ3v) is 4.29. The van der Waals surface area contributed by atoms with Crippen LogP contribution < -0.4 is 5.56 Å². The zero-order valence-electron chi connectivity index (χ0n) is 13.2.